The molecule has 0 bridgehead atoms. The second-order valence-electron chi connectivity index (χ2n) is 4.62. The quantitative estimate of drug-likeness (QED) is 0.852. The smallest absolute Gasteiger partial charge is 0.250 e. The van der Waals surface area contributed by atoms with Crippen molar-refractivity contribution >= 4 is 17.3 Å². The highest BCUT2D eigenvalue weighted by atomic mass is 16.5. The van der Waals surface area contributed by atoms with Crippen molar-refractivity contribution in [2.45, 2.75) is 18.9 Å². The average molecular weight is 264 g/mol. The van der Waals surface area contributed by atoms with Gasteiger partial charge in [0.15, 0.2) is 0 Å². The number of carbonyl (C=O) groups is 1. The summed E-state index contributed by atoms with van der Waals surface area (Å²) in [6.45, 7) is 1.69. The van der Waals surface area contributed by atoms with E-state index in [0.29, 0.717) is 6.04 Å². The number of anilines is 2. The predicted octanol–water partition coefficient (Wildman–Crippen LogP) is 1.86. The van der Waals surface area contributed by atoms with Crippen LogP contribution in [0.3, 0.4) is 0 Å². The van der Waals surface area contributed by atoms with E-state index in [1.54, 1.807) is 0 Å². The summed E-state index contributed by atoms with van der Waals surface area (Å²) >= 11 is 0. The van der Waals surface area contributed by atoms with E-state index in [2.05, 4.69) is 10.6 Å². The Morgan fingerprint density at radius 3 is 2.74 bits per heavy atom. The van der Waals surface area contributed by atoms with Gasteiger partial charge in [-0.1, -0.05) is 0 Å². The fourth-order valence-corrected chi connectivity index (χ4v) is 2.07. The van der Waals surface area contributed by atoms with E-state index in [4.69, 9.17) is 9.47 Å². The number of nitrogens with one attached hydrogen (secondary N) is 2. The van der Waals surface area contributed by atoms with Crippen molar-refractivity contribution in [3.63, 3.8) is 0 Å². The summed E-state index contributed by atoms with van der Waals surface area (Å²) in [6.07, 6.45) is 2.23. The van der Waals surface area contributed by atoms with Crippen LogP contribution in [0.2, 0.25) is 0 Å². The molecule has 1 aromatic carbocycles. The van der Waals surface area contributed by atoms with Gasteiger partial charge in [0.1, 0.15) is 6.61 Å². The number of hydrogen-bond acceptors (Lipinski definition) is 4. The second kappa shape index (κ2) is 7.11. The van der Waals surface area contributed by atoms with Gasteiger partial charge in [0.05, 0.1) is 6.61 Å². The molecule has 1 aliphatic rings. The fraction of sp³-hybridized carbons (Fsp3) is 0.500. The van der Waals surface area contributed by atoms with Crippen molar-refractivity contribution in [2.75, 3.05) is 37.6 Å². The molecule has 1 atom stereocenters. The standard InChI is InChI=1S/C14H20N2O3/c1-18-10-14(17)16-12-6-4-11(5-7-12)15-13-3-2-8-19-9-13/h4-7,13,15H,2-3,8-10H2,1H3,(H,16,17). The highest BCUT2D eigenvalue weighted by molar-refractivity contribution is 5.91. The first-order valence-electron chi connectivity index (χ1n) is 6.51. The lowest BCUT2D eigenvalue weighted by atomic mass is 10.1. The Balaban J connectivity index is 1.85. The Morgan fingerprint density at radius 1 is 1.37 bits per heavy atom. The number of rotatable bonds is 5. The van der Waals surface area contributed by atoms with E-state index >= 15 is 0 Å². The molecule has 1 heterocycles. The number of amides is 1. The third-order valence-corrected chi connectivity index (χ3v) is 2.98. The van der Waals surface area contributed by atoms with Crippen LogP contribution in [0, 0.1) is 0 Å². The number of carbonyl (C=O) groups excluding carboxylic acids is 1. The van der Waals surface area contributed by atoms with Crippen molar-refractivity contribution in [1.82, 2.24) is 0 Å². The minimum absolute atomic E-state index is 0.0689. The molecule has 2 rings (SSSR count). The lowest BCUT2D eigenvalue weighted by Gasteiger charge is -2.24. The Morgan fingerprint density at radius 2 is 2.11 bits per heavy atom. The summed E-state index contributed by atoms with van der Waals surface area (Å²) in [6, 6.07) is 8.04. The summed E-state index contributed by atoms with van der Waals surface area (Å²) in [5.41, 5.74) is 1.81. The molecule has 0 aromatic heterocycles. The molecular formula is C14H20N2O3. The van der Waals surface area contributed by atoms with E-state index in [1.165, 1.54) is 7.11 Å². The fourth-order valence-electron chi connectivity index (χ4n) is 2.07. The second-order valence-corrected chi connectivity index (χ2v) is 4.62. The number of ether oxygens (including phenoxy) is 2. The van der Waals surface area contributed by atoms with E-state index in [1.807, 2.05) is 24.3 Å². The molecule has 1 aromatic rings. The molecule has 1 unspecified atom stereocenters. The molecule has 19 heavy (non-hydrogen) atoms. The Bertz CT molecular complexity index is 400. The topological polar surface area (TPSA) is 59.6 Å². The number of benzene rings is 1. The molecule has 0 saturated carbocycles. The van der Waals surface area contributed by atoms with Gasteiger partial charge in [-0.15, -0.1) is 0 Å². The molecule has 1 fully saturated rings. The number of methoxy groups -OCH3 is 1. The summed E-state index contributed by atoms with van der Waals surface area (Å²) in [5, 5.41) is 6.18. The van der Waals surface area contributed by atoms with Crippen LogP contribution in [-0.4, -0.2) is 38.9 Å². The van der Waals surface area contributed by atoms with Crippen molar-refractivity contribution in [2.24, 2.45) is 0 Å². The van der Waals surface area contributed by atoms with E-state index in [9.17, 15) is 4.79 Å². The van der Waals surface area contributed by atoms with Crippen molar-refractivity contribution in [3.8, 4) is 0 Å². The first-order valence-corrected chi connectivity index (χ1v) is 6.51. The van der Waals surface area contributed by atoms with Gasteiger partial charge >= 0.3 is 0 Å². The molecule has 0 radical (unpaired) electrons. The van der Waals surface area contributed by atoms with Crippen LogP contribution in [0.1, 0.15) is 12.8 Å². The zero-order valence-corrected chi connectivity index (χ0v) is 11.1. The van der Waals surface area contributed by atoms with Crippen molar-refractivity contribution < 1.29 is 14.3 Å². The average Bonchev–Trinajstić information content (AvgIpc) is 2.42. The van der Waals surface area contributed by atoms with E-state index in [-0.39, 0.29) is 12.5 Å². The maximum Gasteiger partial charge on any atom is 0.250 e. The van der Waals surface area contributed by atoms with Crippen LogP contribution in [0.15, 0.2) is 24.3 Å². The lowest BCUT2D eigenvalue weighted by Crippen LogP contribution is -2.29. The molecule has 104 valence electrons. The molecule has 1 amide bonds. The zero-order chi connectivity index (χ0) is 13.5. The Kier molecular flexibility index (Phi) is 5.18. The minimum Gasteiger partial charge on any atom is -0.380 e. The molecule has 1 saturated heterocycles. The van der Waals surface area contributed by atoms with Gasteiger partial charge in [-0.05, 0) is 37.1 Å². The van der Waals surface area contributed by atoms with Gasteiger partial charge in [0.2, 0.25) is 5.91 Å². The highest BCUT2D eigenvalue weighted by Gasteiger charge is 2.13. The molecule has 0 aliphatic carbocycles. The normalized spacial score (nSPS) is 18.9. The Labute approximate surface area is 113 Å². The summed E-state index contributed by atoms with van der Waals surface area (Å²) < 4.78 is 10.2. The monoisotopic (exact) mass is 264 g/mol. The summed E-state index contributed by atoms with van der Waals surface area (Å²) in [5.74, 6) is -0.149. The molecule has 5 nitrogen and oxygen atoms in total. The van der Waals surface area contributed by atoms with Gasteiger partial charge in [-0.3, -0.25) is 4.79 Å². The molecular weight excluding hydrogens is 244 g/mol. The first kappa shape index (κ1) is 13.8. The largest absolute Gasteiger partial charge is 0.380 e. The van der Waals surface area contributed by atoms with Gasteiger partial charge < -0.3 is 20.1 Å². The van der Waals surface area contributed by atoms with Crippen LogP contribution in [0.5, 0.6) is 0 Å². The molecule has 2 N–H and O–H groups in total. The van der Waals surface area contributed by atoms with Crippen molar-refractivity contribution in [1.29, 1.82) is 0 Å². The SMILES string of the molecule is COCC(=O)Nc1ccc(NC2CCCOC2)cc1. The molecule has 1 aliphatic heterocycles. The van der Waals surface area contributed by atoms with E-state index < -0.39 is 0 Å². The number of hydrogen-bond donors (Lipinski definition) is 2. The van der Waals surface area contributed by atoms with Crippen LogP contribution in [0.4, 0.5) is 11.4 Å². The van der Waals surface area contributed by atoms with Gasteiger partial charge in [-0.2, -0.15) is 0 Å². The van der Waals surface area contributed by atoms with Crippen LogP contribution in [0.25, 0.3) is 0 Å². The maximum absolute atomic E-state index is 11.3. The van der Waals surface area contributed by atoms with Crippen LogP contribution >= 0.6 is 0 Å². The minimum atomic E-state index is -0.149. The maximum atomic E-state index is 11.3. The lowest BCUT2D eigenvalue weighted by molar-refractivity contribution is -0.119. The molecule has 5 heteroatoms. The third kappa shape index (κ3) is 4.54. The summed E-state index contributed by atoms with van der Waals surface area (Å²) in [4.78, 5) is 11.3. The third-order valence-electron chi connectivity index (χ3n) is 2.98. The van der Waals surface area contributed by atoms with Crippen LogP contribution < -0.4 is 10.6 Å². The zero-order valence-electron chi connectivity index (χ0n) is 11.1. The van der Waals surface area contributed by atoms with Gasteiger partial charge in [0, 0.05) is 31.1 Å². The van der Waals surface area contributed by atoms with E-state index in [0.717, 1.165) is 37.4 Å². The molecule has 0 spiro atoms. The van der Waals surface area contributed by atoms with Gasteiger partial charge in [0.25, 0.3) is 0 Å². The summed E-state index contributed by atoms with van der Waals surface area (Å²) in [7, 11) is 1.50. The predicted molar refractivity (Wildman–Crippen MR) is 74.4 cm³/mol. The van der Waals surface area contributed by atoms with Crippen LogP contribution in [-0.2, 0) is 14.3 Å². The first-order chi connectivity index (χ1) is 9.28. The Hall–Kier alpha value is -1.59. The highest BCUT2D eigenvalue weighted by Crippen LogP contribution is 2.17. The van der Waals surface area contributed by atoms with Crippen molar-refractivity contribution in [3.05, 3.63) is 24.3 Å². The van der Waals surface area contributed by atoms with Gasteiger partial charge in [-0.25, -0.2) is 0 Å².